The zero-order chi connectivity index (χ0) is 15.3. The van der Waals surface area contributed by atoms with Crippen LogP contribution in [0.5, 0.6) is 0 Å². The van der Waals surface area contributed by atoms with Crippen molar-refractivity contribution in [2.75, 3.05) is 19.8 Å². The van der Waals surface area contributed by atoms with Gasteiger partial charge in [-0.3, -0.25) is 9.48 Å². The van der Waals surface area contributed by atoms with Crippen molar-refractivity contribution in [1.82, 2.24) is 14.5 Å². The molecule has 2 rings (SSSR count). The summed E-state index contributed by atoms with van der Waals surface area (Å²) in [5.41, 5.74) is 0. The molecule has 2 N–H and O–H groups in total. The molecule has 1 heterocycles. The first-order valence-corrected chi connectivity index (χ1v) is 8.27. The third-order valence-electron chi connectivity index (χ3n) is 3.06. The zero-order valence-electron chi connectivity index (χ0n) is 11.6. The van der Waals surface area contributed by atoms with Gasteiger partial charge in [-0.05, 0) is 18.8 Å². The third-order valence-corrected chi connectivity index (χ3v) is 4.48. The van der Waals surface area contributed by atoms with E-state index in [0.29, 0.717) is 19.1 Å². The Morgan fingerprint density at radius 2 is 2.29 bits per heavy atom. The van der Waals surface area contributed by atoms with Crippen molar-refractivity contribution in [2.24, 2.45) is 5.92 Å². The highest BCUT2D eigenvalue weighted by Gasteiger charge is 2.21. The normalized spacial score (nSPS) is 15.2. The number of sulfonamides is 1. The number of ether oxygens (including phenoxy) is 1. The molecule has 0 amide bonds. The highest BCUT2D eigenvalue weighted by Crippen LogP contribution is 2.28. The minimum absolute atomic E-state index is 0.0232. The minimum atomic E-state index is -3.62. The number of carbonyl (C=O) groups is 1. The average Bonchev–Trinajstić information content (AvgIpc) is 3.11. The Bertz CT molecular complexity index is 579. The van der Waals surface area contributed by atoms with Crippen LogP contribution in [-0.2, 0) is 26.1 Å². The van der Waals surface area contributed by atoms with Crippen LogP contribution in [0.3, 0.4) is 0 Å². The van der Waals surface area contributed by atoms with E-state index in [1.54, 1.807) is 0 Å². The molecule has 9 heteroatoms. The van der Waals surface area contributed by atoms with E-state index in [0.717, 1.165) is 0 Å². The molecule has 0 aromatic carbocycles. The fraction of sp³-hybridized carbons (Fsp3) is 0.667. The number of aryl methyl sites for hydroxylation is 1. The van der Waals surface area contributed by atoms with E-state index in [2.05, 4.69) is 9.82 Å². The molecule has 1 aliphatic rings. The summed E-state index contributed by atoms with van der Waals surface area (Å²) in [7, 11) is -3.62. The van der Waals surface area contributed by atoms with Gasteiger partial charge < -0.3 is 9.84 Å². The number of aromatic nitrogens is 2. The number of aliphatic carboxylic acids is 1. The molecule has 8 nitrogen and oxygen atoms in total. The third kappa shape index (κ3) is 5.44. The molecule has 1 aromatic rings. The summed E-state index contributed by atoms with van der Waals surface area (Å²) < 4.78 is 33.0. The van der Waals surface area contributed by atoms with E-state index < -0.39 is 16.0 Å². The van der Waals surface area contributed by atoms with Crippen molar-refractivity contribution in [3.05, 3.63) is 12.4 Å². The number of nitrogens with zero attached hydrogens (tertiary/aromatic N) is 2. The maximum atomic E-state index is 12.0. The van der Waals surface area contributed by atoms with E-state index in [-0.39, 0.29) is 24.4 Å². The Morgan fingerprint density at radius 3 is 2.95 bits per heavy atom. The molecule has 21 heavy (non-hydrogen) atoms. The van der Waals surface area contributed by atoms with Crippen molar-refractivity contribution < 1.29 is 23.1 Å². The summed E-state index contributed by atoms with van der Waals surface area (Å²) in [6, 6.07) is 0. The average molecular weight is 317 g/mol. The van der Waals surface area contributed by atoms with Gasteiger partial charge in [0.25, 0.3) is 0 Å². The largest absolute Gasteiger partial charge is 0.481 e. The molecule has 1 saturated carbocycles. The summed E-state index contributed by atoms with van der Waals surface area (Å²) >= 11 is 0. The van der Waals surface area contributed by atoms with Gasteiger partial charge in [-0.2, -0.15) is 5.10 Å². The second kappa shape index (κ2) is 7.01. The zero-order valence-corrected chi connectivity index (χ0v) is 12.4. The molecule has 0 saturated heterocycles. The maximum Gasteiger partial charge on any atom is 0.305 e. The molecular formula is C12H19N3O5S. The lowest BCUT2D eigenvalue weighted by atomic mass is 10.4. The summed E-state index contributed by atoms with van der Waals surface area (Å²) in [5.74, 6) is -0.310. The van der Waals surface area contributed by atoms with Gasteiger partial charge in [-0.15, -0.1) is 0 Å². The Morgan fingerprint density at radius 1 is 1.52 bits per heavy atom. The fourth-order valence-electron chi connectivity index (χ4n) is 1.68. The van der Waals surface area contributed by atoms with Crippen LogP contribution in [-0.4, -0.2) is 49.0 Å². The van der Waals surface area contributed by atoms with Gasteiger partial charge in [0.15, 0.2) is 0 Å². The van der Waals surface area contributed by atoms with E-state index in [1.165, 1.54) is 29.9 Å². The van der Waals surface area contributed by atoms with Crippen molar-refractivity contribution >= 4 is 16.0 Å². The lowest BCUT2D eigenvalue weighted by Crippen LogP contribution is -2.27. The number of hydrogen-bond acceptors (Lipinski definition) is 5. The SMILES string of the molecule is O=C(O)CCn1cc(S(=O)(=O)NCCOCC2CC2)cn1. The van der Waals surface area contributed by atoms with Gasteiger partial charge in [0.05, 0.1) is 25.8 Å². The van der Waals surface area contributed by atoms with E-state index in [9.17, 15) is 13.2 Å². The lowest BCUT2D eigenvalue weighted by Gasteiger charge is -2.05. The predicted molar refractivity (Wildman–Crippen MR) is 73.2 cm³/mol. The molecule has 0 bridgehead atoms. The highest BCUT2D eigenvalue weighted by atomic mass is 32.2. The topological polar surface area (TPSA) is 111 Å². The van der Waals surface area contributed by atoms with E-state index >= 15 is 0 Å². The molecule has 1 aliphatic carbocycles. The lowest BCUT2D eigenvalue weighted by molar-refractivity contribution is -0.137. The Balaban J connectivity index is 1.76. The number of carboxylic acid groups (broad SMARTS) is 1. The van der Waals surface area contributed by atoms with Gasteiger partial charge in [-0.1, -0.05) is 0 Å². The Hall–Kier alpha value is -1.45. The Labute approximate surface area is 123 Å². The van der Waals surface area contributed by atoms with Crippen molar-refractivity contribution in [1.29, 1.82) is 0 Å². The number of carboxylic acids is 1. The molecule has 118 valence electrons. The quantitative estimate of drug-likeness (QED) is 0.591. The van der Waals surface area contributed by atoms with Crippen LogP contribution in [0.25, 0.3) is 0 Å². The minimum Gasteiger partial charge on any atom is -0.481 e. The smallest absolute Gasteiger partial charge is 0.305 e. The van der Waals surface area contributed by atoms with Crippen LogP contribution < -0.4 is 4.72 Å². The monoisotopic (exact) mass is 317 g/mol. The van der Waals surface area contributed by atoms with Crippen LogP contribution >= 0.6 is 0 Å². The summed E-state index contributed by atoms with van der Waals surface area (Å²) in [6.45, 7) is 1.36. The van der Waals surface area contributed by atoms with Crippen molar-refractivity contribution in [3.8, 4) is 0 Å². The van der Waals surface area contributed by atoms with Gasteiger partial charge in [-0.25, -0.2) is 13.1 Å². The van der Waals surface area contributed by atoms with E-state index in [1.807, 2.05) is 0 Å². The maximum absolute atomic E-state index is 12.0. The standard InChI is InChI=1S/C12H19N3O5S/c16-12(17)3-5-15-8-11(7-13-15)21(18,19)14-4-6-20-9-10-1-2-10/h7-8,10,14H,1-6,9H2,(H,16,17). The Kier molecular flexibility index (Phi) is 5.32. The first-order valence-electron chi connectivity index (χ1n) is 6.79. The summed E-state index contributed by atoms with van der Waals surface area (Å²) in [6.07, 6.45) is 4.80. The van der Waals surface area contributed by atoms with Crippen LogP contribution in [0, 0.1) is 5.92 Å². The molecule has 0 unspecified atom stereocenters. The molecule has 0 atom stereocenters. The molecule has 1 aromatic heterocycles. The second-order valence-electron chi connectivity index (χ2n) is 5.00. The van der Waals surface area contributed by atoms with Gasteiger partial charge >= 0.3 is 5.97 Å². The second-order valence-corrected chi connectivity index (χ2v) is 6.77. The van der Waals surface area contributed by atoms with Crippen LogP contribution in [0.15, 0.2) is 17.3 Å². The van der Waals surface area contributed by atoms with E-state index in [4.69, 9.17) is 9.84 Å². The van der Waals surface area contributed by atoms with Crippen molar-refractivity contribution in [2.45, 2.75) is 30.7 Å². The number of hydrogen-bond donors (Lipinski definition) is 2. The highest BCUT2D eigenvalue weighted by molar-refractivity contribution is 7.89. The molecule has 0 aliphatic heterocycles. The van der Waals surface area contributed by atoms with Crippen molar-refractivity contribution in [3.63, 3.8) is 0 Å². The number of nitrogens with one attached hydrogen (secondary N) is 1. The van der Waals surface area contributed by atoms with Crippen LogP contribution in [0.2, 0.25) is 0 Å². The summed E-state index contributed by atoms with van der Waals surface area (Å²) in [4.78, 5) is 10.5. The number of rotatable bonds is 10. The molecule has 1 fully saturated rings. The molecular weight excluding hydrogens is 298 g/mol. The van der Waals surface area contributed by atoms with Crippen LogP contribution in [0.4, 0.5) is 0 Å². The van der Waals surface area contributed by atoms with Gasteiger partial charge in [0.2, 0.25) is 10.0 Å². The molecule has 0 radical (unpaired) electrons. The van der Waals surface area contributed by atoms with Gasteiger partial charge in [0, 0.05) is 19.3 Å². The first kappa shape index (κ1) is 15.9. The summed E-state index contributed by atoms with van der Waals surface area (Å²) in [5, 5.41) is 12.4. The fourth-order valence-corrected chi connectivity index (χ4v) is 2.65. The first-order chi connectivity index (χ1) is 9.97. The predicted octanol–water partition coefficient (Wildman–Crippen LogP) is 0.0627. The van der Waals surface area contributed by atoms with Crippen LogP contribution in [0.1, 0.15) is 19.3 Å². The van der Waals surface area contributed by atoms with Gasteiger partial charge in [0.1, 0.15) is 4.90 Å². The molecule has 0 spiro atoms.